The maximum atomic E-state index is 13.6. The van der Waals surface area contributed by atoms with Crippen molar-refractivity contribution >= 4 is 19.7 Å². The Morgan fingerprint density at radius 2 is 0.790 bits per heavy atom. The zero-order valence-corrected chi connectivity index (χ0v) is 54.9. The van der Waals surface area contributed by atoms with Crippen LogP contribution in [0.5, 0.6) is 0 Å². The molecule has 0 saturated heterocycles. The number of nitrogens with one attached hydrogen (secondary N) is 1. The number of nitrogens with zero attached hydrogens (tertiary/aromatic N) is 1. The van der Waals surface area contributed by atoms with Crippen LogP contribution in [-0.4, -0.2) is 69.4 Å². The number of likely N-dealkylation sites (N-methyl/N-ethyl adjacent to an activating group) is 1. The molecule has 1 amide bonds. The first-order valence-corrected chi connectivity index (χ1v) is 35.7. The Kier molecular flexibility index (Phi) is 58.7. The Morgan fingerprint density at radius 3 is 1.19 bits per heavy atom. The second-order valence-electron chi connectivity index (χ2n) is 24.3. The number of amides is 1. The van der Waals surface area contributed by atoms with Crippen LogP contribution in [0, 0.1) is 0 Å². The molecule has 0 aromatic carbocycles. The first kappa shape index (κ1) is 78.5. The number of ether oxygens (including phenoxy) is 1. The number of rotatable bonds is 62. The van der Waals surface area contributed by atoms with E-state index in [0.717, 1.165) is 103 Å². The lowest BCUT2D eigenvalue weighted by molar-refractivity contribution is -0.870. The maximum Gasteiger partial charge on any atom is 0.306 e. The molecule has 10 heteroatoms. The van der Waals surface area contributed by atoms with Crippen molar-refractivity contribution in [2.75, 3.05) is 40.9 Å². The Balaban J connectivity index is 5.14. The predicted molar refractivity (Wildman–Crippen MR) is 348 cm³/mol. The van der Waals surface area contributed by atoms with Crippen molar-refractivity contribution in [2.45, 2.75) is 328 Å². The predicted octanol–water partition coefficient (Wildman–Crippen LogP) is 20.9. The zero-order chi connectivity index (χ0) is 59.3. The number of phosphoric ester groups is 1. The molecule has 0 saturated carbocycles. The summed E-state index contributed by atoms with van der Waals surface area (Å²) < 4.78 is 30.4. The van der Waals surface area contributed by atoms with E-state index in [1.165, 1.54) is 180 Å². The third-order valence-electron chi connectivity index (χ3n) is 15.2. The van der Waals surface area contributed by atoms with Gasteiger partial charge in [-0.2, -0.15) is 0 Å². The quantitative estimate of drug-likeness (QED) is 0.0212. The molecule has 0 spiro atoms. The van der Waals surface area contributed by atoms with Gasteiger partial charge in [0, 0.05) is 12.8 Å². The third-order valence-corrected chi connectivity index (χ3v) is 16.1. The van der Waals surface area contributed by atoms with Gasteiger partial charge in [0.25, 0.3) is 7.82 Å². The minimum atomic E-state index is -4.71. The van der Waals surface area contributed by atoms with E-state index < -0.39 is 20.0 Å². The summed E-state index contributed by atoms with van der Waals surface area (Å²) in [5, 5.41) is 3.04. The average Bonchev–Trinajstić information content (AvgIpc) is 3.44. The lowest BCUT2D eigenvalue weighted by atomic mass is 10.0. The molecule has 0 rings (SSSR count). The van der Waals surface area contributed by atoms with Gasteiger partial charge in [-0.05, 0) is 76.7 Å². The molecule has 3 unspecified atom stereocenters. The fourth-order valence-corrected chi connectivity index (χ4v) is 10.6. The standard InChI is InChI=1S/C71H131N2O7P/c1-7-10-13-16-19-22-25-28-30-32-33-34-35-36-37-38-39-41-42-45-48-51-54-57-60-63-70(74)72-68(67-79-81(76,77)78-66-65-73(4,5)6)69(62-59-56-53-50-47-44-27-24-21-18-15-12-9-3)80-71(75)64-61-58-55-52-49-46-43-40-31-29-26-23-20-17-14-11-8-2/h10,13,19,22,28,30,33-34,36-37,59,62,68-69H,7-9,11-12,14-18,20-21,23-27,29,31-32,35,38-58,60-61,63-67H2,1-6H3,(H-,72,74,76,77)/b13-10-,22-19-,30-28-,34-33-,37-36-,62-59-. The fraction of sp³-hybridized carbons (Fsp3) is 0.803. The molecule has 0 aromatic rings. The third kappa shape index (κ3) is 61.8. The molecule has 0 aliphatic carbocycles. The van der Waals surface area contributed by atoms with Crippen molar-refractivity contribution in [1.82, 2.24) is 5.32 Å². The maximum absolute atomic E-state index is 13.6. The van der Waals surface area contributed by atoms with Crippen LogP contribution < -0.4 is 10.2 Å². The van der Waals surface area contributed by atoms with Crippen LogP contribution >= 0.6 is 7.82 Å². The van der Waals surface area contributed by atoms with Crippen LogP contribution in [0.15, 0.2) is 72.9 Å². The van der Waals surface area contributed by atoms with Gasteiger partial charge in [0.15, 0.2) is 0 Å². The highest BCUT2D eigenvalue weighted by Crippen LogP contribution is 2.38. The van der Waals surface area contributed by atoms with Crippen LogP contribution in [0.2, 0.25) is 0 Å². The van der Waals surface area contributed by atoms with Crippen molar-refractivity contribution in [3.05, 3.63) is 72.9 Å². The van der Waals surface area contributed by atoms with Gasteiger partial charge in [-0.15, -0.1) is 0 Å². The van der Waals surface area contributed by atoms with Gasteiger partial charge < -0.3 is 28.5 Å². The largest absolute Gasteiger partial charge is 0.756 e. The highest BCUT2D eigenvalue weighted by Gasteiger charge is 2.27. The highest BCUT2D eigenvalue weighted by molar-refractivity contribution is 7.45. The number of allylic oxidation sites excluding steroid dienone is 11. The molecular formula is C71H131N2O7P. The first-order chi connectivity index (χ1) is 39.4. The molecular weight excluding hydrogens is 1020 g/mol. The smallest absolute Gasteiger partial charge is 0.306 e. The SMILES string of the molecule is CC/C=C\C/C=C\C/C=C\C/C=C\C/C=C\CCCCCCCCCCCC(=O)NC(COP(=O)([O-])OCC[N+](C)(C)C)C(/C=C\CCCCCCCCCCCCC)OC(=O)CCCCCCCCCCCCCCCCCCC. The summed E-state index contributed by atoms with van der Waals surface area (Å²) in [4.78, 5) is 40.1. The van der Waals surface area contributed by atoms with Gasteiger partial charge in [-0.3, -0.25) is 14.2 Å². The Morgan fingerprint density at radius 1 is 0.444 bits per heavy atom. The second kappa shape index (κ2) is 60.6. The molecule has 0 aliphatic rings. The molecule has 0 radical (unpaired) electrons. The molecule has 3 atom stereocenters. The molecule has 0 aromatic heterocycles. The molecule has 0 heterocycles. The number of unbranched alkanes of at least 4 members (excludes halogenated alkanes) is 36. The van der Waals surface area contributed by atoms with Crippen LogP contribution in [0.25, 0.3) is 0 Å². The molecule has 81 heavy (non-hydrogen) atoms. The normalized spacial score (nSPS) is 14.0. The van der Waals surface area contributed by atoms with E-state index in [2.05, 4.69) is 86.8 Å². The van der Waals surface area contributed by atoms with Gasteiger partial charge >= 0.3 is 5.97 Å². The topological polar surface area (TPSA) is 114 Å². The summed E-state index contributed by atoms with van der Waals surface area (Å²) in [6.07, 6.45) is 78.7. The van der Waals surface area contributed by atoms with Gasteiger partial charge in [-0.1, -0.05) is 299 Å². The van der Waals surface area contributed by atoms with Crippen LogP contribution in [-0.2, 0) is 27.9 Å². The molecule has 0 fully saturated rings. The highest BCUT2D eigenvalue weighted by atomic mass is 31.2. The molecule has 472 valence electrons. The van der Waals surface area contributed by atoms with Crippen LogP contribution in [0.3, 0.4) is 0 Å². The molecule has 0 bridgehead atoms. The minimum Gasteiger partial charge on any atom is -0.756 e. The van der Waals surface area contributed by atoms with E-state index in [-0.39, 0.29) is 31.5 Å². The average molecular weight is 1160 g/mol. The summed E-state index contributed by atoms with van der Waals surface area (Å²) in [6.45, 7) is 6.76. The van der Waals surface area contributed by atoms with Gasteiger partial charge in [0.1, 0.15) is 19.3 Å². The lowest BCUT2D eigenvalue weighted by Gasteiger charge is -2.30. The van der Waals surface area contributed by atoms with E-state index in [1.54, 1.807) is 0 Å². The number of carbonyl (C=O) groups is 2. The monoisotopic (exact) mass is 1150 g/mol. The van der Waals surface area contributed by atoms with Gasteiger partial charge in [-0.25, -0.2) is 0 Å². The summed E-state index contributed by atoms with van der Waals surface area (Å²) in [7, 11) is 1.19. The van der Waals surface area contributed by atoms with Crippen molar-refractivity contribution in [3.63, 3.8) is 0 Å². The Hall–Kier alpha value is -2.55. The van der Waals surface area contributed by atoms with Crippen molar-refractivity contribution in [1.29, 1.82) is 0 Å². The number of phosphoric acid groups is 1. The minimum absolute atomic E-state index is 0.0241. The molecule has 1 N–H and O–H groups in total. The lowest BCUT2D eigenvalue weighted by Crippen LogP contribution is -2.47. The zero-order valence-electron chi connectivity index (χ0n) is 54.0. The van der Waals surface area contributed by atoms with E-state index >= 15 is 0 Å². The van der Waals surface area contributed by atoms with E-state index in [4.69, 9.17) is 13.8 Å². The number of hydrogen-bond donors (Lipinski definition) is 1. The van der Waals surface area contributed by atoms with Crippen LogP contribution in [0.1, 0.15) is 316 Å². The first-order valence-electron chi connectivity index (χ1n) is 34.2. The number of hydrogen-bond acceptors (Lipinski definition) is 7. The van der Waals surface area contributed by atoms with Gasteiger partial charge in [0.05, 0.1) is 33.8 Å². The van der Waals surface area contributed by atoms with E-state index in [0.29, 0.717) is 17.4 Å². The number of carbonyl (C=O) groups excluding carboxylic acids is 2. The van der Waals surface area contributed by atoms with E-state index in [1.807, 2.05) is 33.3 Å². The van der Waals surface area contributed by atoms with Crippen LogP contribution in [0.4, 0.5) is 0 Å². The molecule has 0 aliphatic heterocycles. The summed E-state index contributed by atoms with van der Waals surface area (Å²) in [6, 6.07) is -0.893. The van der Waals surface area contributed by atoms with Crippen molar-refractivity contribution in [2.24, 2.45) is 0 Å². The Labute approximate surface area is 502 Å². The van der Waals surface area contributed by atoms with Crippen molar-refractivity contribution in [3.8, 4) is 0 Å². The molecule has 9 nitrogen and oxygen atoms in total. The fourth-order valence-electron chi connectivity index (χ4n) is 9.90. The Bertz CT molecular complexity index is 1620. The number of esters is 1. The van der Waals surface area contributed by atoms with Crippen molar-refractivity contribution < 1.29 is 37.3 Å². The summed E-state index contributed by atoms with van der Waals surface area (Å²) in [5.41, 5.74) is 0. The van der Waals surface area contributed by atoms with E-state index in [9.17, 15) is 19.0 Å². The second-order valence-corrected chi connectivity index (χ2v) is 25.7. The summed E-state index contributed by atoms with van der Waals surface area (Å²) in [5.74, 6) is -0.537. The number of quaternary nitrogens is 1. The van der Waals surface area contributed by atoms with Gasteiger partial charge in [0.2, 0.25) is 5.91 Å². The summed E-state index contributed by atoms with van der Waals surface area (Å²) >= 11 is 0.